The first-order chi connectivity index (χ1) is 8.53. The van der Waals surface area contributed by atoms with Crippen LogP contribution in [0.1, 0.15) is 6.42 Å². The SMILES string of the molecule is C=CC(=O)NC(CO)(CO)COCCC(=O)OC. The predicted molar refractivity (Wildman–Crippen MR) is 62.7 cm³/mol. The fourth-order valence-electron chi connectivity index (χ4n) is 1.09. The van der Waals surface area contributed by atoms with Crippen molar-refractivity contribution in [3.05, 3.63) is 12.7 Å². The first-order valence-corrected chi connectivity index (χ1v) is 5.34. The van der Waals surface area contributed by atoms with Crippen molar-refractivity contribution in [1.29, 1.82) is 0 Å². The van der Waals surface area contributed by atoms with Gasteiger partial charge in [-0.25, -0.2) is 0 Å². The van der Waals surface area contributed by atoms with E-state index in [-0.39, 0.29) is 19.6 Å². The molecule has 0 radical (unpaired) electrons. The molecular weight excluding hydrogens is 242 g/mol. The Labute approximate surface area is 105 Å². The summed E-state index contributed by atoms with van der Waals surface area (Å²) in [5.74, 6) is -0.960. The quantitative estimate of drug-likeness (QED) is 0.267. The van der Waals surface area contributed by atoms with E-state index in [1.54, 1.807) is 0 Å². The summed E-state index contributed by atoms with van der Waals surface area (Å²) in [7, 11) is 1.26. The Hall–Kier alpha value is -1.44. The Kier molecular flexibility index (Phi) is 7.93. The van der Waals surface area contributed by atoms with Gasteiger partial charge in [-0.2, -0.15) is 0 Å². The summed E-state index contributed by atoms with van der Waals surface area (Å²) in [6.07, 6.45) is 1.08. The molecular formula is C11H19NO6. The van der Waals surface area contributed by atoms with Crippen molar-refractivity contribution >= 4 is 11.9 Å². The third-order valence-corrected chi connectivity index (χ3v) is 2.24. The Morgan fingerprint density at radius 1 is 1.39 bits per heavy atom. The van der Waals surface area contributed by atoms with Crippen molar-refractivity contribution in [2.45, 2.75) is 12.0 Å². The van der Waals surface area contributed by atoms with Gasteiger partial charge >= 0.3 is 5.97 Å². The molecule has 18 heavy (non-hydrogen) atoms. The molecule has 0 aromatic rings. The Balaban J connectivity index is 4.21. The highest BCUT2D eigenvalue weighted by molar-refractivity contribution is 5.87. The molecule has 0 rings (SSSR count). The maximum atomic E-state index is 11.2. The van der Waals surface area contributed by atoms with E-state index in [9.17, 15) is 19.8 Å². The number of hydrogen-bond acceptors (Lipinski definition) is 6. The normalized spacial score (nSPS) is 10.8. The molecule has 0 aliphatic carbocycles. The number of rotatable bonds is 9. The van der Waals surface area contributed by atoms with Crippen LogP contribution in [0.4, 0.5) is 0 Å². The third kappa shape index (κ3) is 5.76. The number of ether oxygens (including phenoxy) is 2. The van der Waals surface area contributed by atoms with Gasteiger partial charge in [-0.15, -0.1) is 0 Å². The van der Waals surface area contributed by atoms with Gasteiger partial charge in [0.1, 0.15) is 5.54 Å². The average molecular weight is 261 g/mol. The number of carbonyl (C=O) groups is 2. The van der Waals surface area contributed by atoms with E-state index >= 15 is 0 Å². The highest BCUT2D eigenvalue weighted by Gasteiger charge is 2.30. The fourth-order valence-corrected chi connectivity index (χ4v) is 1.09. The molecule has 0 saturated carbocycles. The van der Waals surface area contributed by atoms with E-state index in [0.717, 1.165) is 6.08 Å². The van der Waals surface area contributed by atoms with Crippen molar-refractivity contribution in [2.24, 2.45) is 0 Å². The maximum Gasteiger partial charge on any atom is 0.307 e. The van der Waals surface area contributed by atoms with Crippen LogP contribution in [-0.2, 0) is 19.1 Å². The lowest BCUT2D eigenvalue weighted by atomic mass is 10.0. The molecule has 0 heterocycles. The number of nitrogens with one attached hydrogen (secondary N) is 1. The standard InChI is InChI=1S/C11H19NO6/c1-3-9(15)12-11(6-13,7-14)8-18-5-4-10(16)17-2/h3,13-14H,1,4-8H2,2H3,(H,12,15). The van der Waals surface area contributed by atoms with Crippen LogP contribution in [0.25, 0.3) is 0 Å². The van der Waals surface area contributed by atoms with Crippen LogP contribution in [0, 0.1) is 0 Å². The van der Waals surface area contributed by atoms with E-state index in [1.165, 1.54) is 7.11 Å². The van der Waals surface area contributed by atoms with Crippen molar-refractivity contribution in [3.8, 4) is 0 Å². The monoisotopic (exact) mass is 261 g/mol. The lowest BCUT2D eigenvalue weighted by molar-refractivity contribution is -0.142. The number of carbonyl (C=O) groups excluding carboxylic acids is 2. The number of hydrogen-bond donors (Lipinski definition) is 3. The molecule has 0 aliphatic heterocycles. The molecule has 0 atom stereocenters. The molecule has 0 fully saturated rings. The fraction of sp³-hybridized carbons (Fsp3) is 0.636. The van der Waals surface area contributed by atoms with E-state index in [2.05, 4.69) is 16.6 Å². The van der Waals surface area contributed by atoms with E-state index < -0.39 is 30.6 Å². The molecule has 3 N–H and O–H groups in total. The van der Waals surface area contributed by atoms with Crippen LogP contribution in [0.2, 0.25) is 0 Å². The zero-order valence-electron chi connectivity index (χ0n) is 10.3. The Morgan fingerprint density at radius 3 is 2.44 bits per heavy atom. The van der Waals surface area contributed by atoms with Crippen LogP contribution >= 0.6 is 0 Å². The number of amides is 1. The van der Waals surface area contributed by atoms with Gasteiger partial charge < -0.3 is 25.0 Å². The summed E-state index contributed by atoms with van der Waals surface area (Å²) < 4.78 is 9.55. The summed E-state index contributed by atoms with van der Waals surface area (Å²) in [4.78, 5) is 22.0. The number of methoxy groups -OCH3 is 1. The Bertz CT molecular complexity index is 287. The van der Waals surface area contributed by atoms with Gasteiger partial charge in [0.05, 0.1) is 40.0 Å². The van der Waals surface area contributed by atoms with E-state index in [0.29, 0.717) is 0 Å². The minimum absolute atomic E-state index is 0.0544. The van der Waals surface area contributed by atoms with Crippen LogP contribution in [0.3, 0.4) is 0 Å². The second-order valence-corrected chi connectivity index (χ2v) is 3.67. The zero-order chi connectivity index (χ0) is 14.0. The van der Waals surface area contributed by atoms with Gasteiger partial charge in [-0.3, -0.25) is 9.59 Å². The zero-order valence-corrected chi connectivity index (χ0v) is 10.3. The van der Waals surface area contributed by atoms with Gasteiger partial charge in [0.25, 0.3) is 0 Å². The smallest absolute Gasteiger partial charge is 0.307 e. The minimum atomic E-state index is -1.29. The molecule has 0 spiro atoms. The van der Waals surface area contributed by atoms with Gasteiger partial charge in [0.15, 0.2) is 0 Å². The van der Waals surface area contributed by atoms with Gasteiger partial charge in [-0.1, -0.05) is 6.58 Å². The van der Waals surface area contributed by atoms with Crippen molar-refractivity contribution in [1.82, 2.24) is 5.32 Å². The van der Waals surface area contributed by atoms with Crippen molar-refractivity contribution < 1.29 is 29.3 Å². The lowest BCUT2D eigenvalue weighted by Crippen LogP contribution is -2.57. The molecule has 7 nitrogen and oxygen atoms in total. The molecule has 7 heteroatoms. The van der Waals surface area contributed by atoms with E-state index in [4.69, 9.17) is 4.74 Å². The van der Waals surface area contributed by atoms with Crippen LogP contribution in [0.5, 0.6) is 0 Å². The van der Waals surface area contributed by atoms with E-state index in [1.807, 2.05) is 0 Å². The first kappa shape index (κ1) is 16.6. The van der Waals surface area contributed by atoms with Crippen molar-refractivity contribution in [2.75, 3.05) is 33.5 Å². The first-order valence-electron chi connectivity index (χ1n) is 5.34. The summed E-state index contributed by atoms with van der Waals surface area (Å²) >= 11 is 0. The highest BCUT2D eigenvalue weighted by Crippen LogP contribution is 2.05. The summed E-state index contributed by atoms with van der Waals surface area (Å²) in [5, 5.41) is 20.8. The topological polar surface area (TPSA) is 105 Å². The van der Waals surface area contributed by atoms with Gasteiger partial charge in [-0.05, 0) is 6.08 Å². The molecule has 0 aromatic heterocycles. The van der Waals surface area contributed by atoms with Gasteiger partial charge in [0, 0.05) is 0 Å². The second kappa shape index (κ2) is 8.62. The molecule has 0 unspecified atom stereocenters. The Morgan fingerprint density at radius 2 is 2.00 bits per heavy atom. The molecule has 0 aliphatic rings. The number of aliphatic hydroxyl groups excluding tert-OH is 2. The summed E-state index contributed by atoms with van der Waals surface area (Å²) in [6.45, 7) is 2.21. The maximum absolute atomic E-state index is 11.2. The van der Waals surface area contributed by atoms with Crippen LogP contribution < -0.4 is 5.32 Å². The summed E-state index contributed by atoms with van der Waals surface area (Å²) in [5.41, 5.74) is -1.29. The predicted octanol–water partition coefficient (Wildman–Crippen LogP) is -1.41. The second-order valence-electron chi connectivity index (χ2n) is 3.67. The van der Waals surface area contributed by atoms with Gasteiger partial charge in [0.2, 0.25) is 5.91 Å². The largest absolute Gasteiger partial charge is 0.469 e. The molecule has 0 aromatic carbocycles. The van der Waals surface area contributed by atoms with Crippen LogP contribution in [-0.4, -0.2) is 61.2 Å². The molecule has 1 amide bonds. The third-order valence-electron chi connectivity index (χ3n) is 2.24. The molecule has 0 saturated heterocycles. The molecule has 104 valence electrons. The lowest BCUT2D eigenvalue weighted by Gasteiger charge is -2.30. The minimum Gasteiger partial charge on any atom is -0.469 e. The highest BCUT2D eigenvalue weighted by atomic mass is 16.5. The number of aliphatic hydroxyl groups is 2. The van der Waals surface area contributed by atoms with Crippen molar-refractivity contribution in [3.63, 3.8) is 0 Å². The summed E-state index contributed by atoms with van der Waals surface area (Å²) in [6, 6.07) is 0. The average Bonchev–Trinajstić information content (AvgIpc) is 2.41. The van der Waals surface area contributed by atoms with Crippen LogP contribution in [0.15, 0.2) is 12.7 Å². The molecule has 0 bridgehead atoms. The number of esters is 1.